The third-order valence-corrected chi connectivity index (χ3v) is 1.77. The molecule has 3 nitrogen and oxygen atoms in total. The molecule has 0 unspecified atom stereocenters. The maximum atomic E-state index is 8.96. The second kappa shape index (κ2) is 4.86. The van der Waals surface area contributed by atoms with Gasteiger partial charge in [-0.05, 0) is 31.5 Å². The Morgan fingerprint density at radius 3 is 2.50 bits per heavy atom. The van der Waals surface area contributed by atoms with Crippen molar-refractivity contribution in [3.8, 4) is 11.5 Å². The molecule has 78 valence electrons. The number of rotatable bonds is 4. The summed E-state index contributed by atoms with van der Waals surface area (Å²) in [7, 11) is 1.60. The first-order chi connectivity index (χ1) is 6.67. The van der Waals surface area contributed by atoms with Crippen molar-refractivity contribution in [2.45, 2.75) is 26.6 Å². The fraction of sp³-hybridized carbons (Fsp3) is 0.455. The van der Waals surface area contributed by atoms with Gasteiger partial charge < -0.3 is 14.6 Å². The van der Waals surface area contributed by atoms with E-state index in [-0.39, 0.29) is 12.7 Å². The van der Waals surface area contributed by atoms with E-state index in [9.17, 15) is 0 Å². The summed E-state index contributed by atoms with van der Waals surface area (Å²) in [6.45, 7) is 3.91. The fourth-order valence-electron chi connectivity index (χ4n) is 1.17. The van der Waals surface area contributed by atoms with Crippen molar-refractivity contribution in [2.75, 3.05) is 7.11 Å². The van der Waals surface area contributed by atoms with E-state index < -0.39 is 0 Å². The van der Waals surface area contributed by atoms with Crippen LogP contribution in [0.25, 0.3) is 0 Å². The Hall–Kier alpha value is -1.22. The zero-order valence-electron chi connectivity index (χ0n) is 8.78. The molecule has 0 bridgehead atoms. The highest BCUT2D eigenvalue weighted by Crippen LogP contribution is 2.28. The van der Waals surface area contributed by atoms with Gasteiger partial charge in [-0.3, -0.25) is 0 Å². The van der Waals surface area contributed by atoms with Crippen molar-refractivity contribution < 1.29 is 14.6 Å². The van der Waals surface area contributed by atoms with Crippen molar-refractivity contribution in [1.29, 1.82) is 0 Å². The first kappa shape index (κ1) is 10.9. The summed E-state index contributed by atoms with van der Waals surface area (Å²) in [4.78, 5) is 0. The minimum atomic E-state index is 0.0124. The number of hydrogen-bond donors (Lipinski definition) is 1. The maximum Gasteiger partial charge on any atom is 0.161 e. The summed E-state index contributed by atoms with van der Waals surface area (Å²) in [5.74, 6) is 1.37. The standard InChI is InChI=1S/C11H16O3/c1-8(2)14-11-6-9(7-12)4-5-10(11)13-3/h4-6,8,12H,7H2,1-3H3. The molecule has 0 amide bonds. The summed E-state index contributed by atoms with van der Waals surface area (Å²) in [6, 6.07) is 5.40. The zero-order chi connectivity index (χ0) is 10.6. The van der Waals surface area contributed by atoms with E-state index in [4.69, 9.17) is 14.6 Å². The molecule has 0 fully saturated rings. The van der Waals surface area contributed by atoms with Crippen LogP contribution in [0.1, 0.15) is 19.4 Å². The van der Waals surface area contributed by atoms with Crippen molar-refractivity contribution >= 4 is 0 Å². The molecule has 0 atom stereocenters. The lowest BCUT2D eigenvalue weighted by Gasteiger charge is -2.14. The molecule has 0 saturated carbocycles. The van der Waals surface area contributed by atoms with E-state index in [1.165, 1.54) is 0 Å². The minimum Gasteiger partial charge on any atom is -0.493 e. The van der Waals surface area contributed by atoms with Crippen LogP contribution < -0.4 is 9.47 Å². The summed E-state index contributed by atoms with van der Waals surface area (Å²) in [6.07, 6.45) is 0.0952. The summed E-state index contributed by atoms with van der Waals surface area (Å²) in [5.41, 5.74) is 0.821. The van der Waals surface area contributed by atoms with Crippen LogP contribution >= 0.6 is 0 Å². The molecule has 0 aliphatic carbocycles. The van der Waals surface area contributed by atoms with Crippen LogP contribution in [0.5, 0.6) is 11.5 Å². The molecule has 0 aromatic heterocycles. The van der Waals surface area contributed by atoms with Crippen LogP contribution in [0.4, 0.5) is 0 Å². The molecule has 0 radical (unpaired) electrons. The van der Waals surface area contributed by atoms with Crippen molar-refractivity contribution in [3.05, 3.63) is 23.8 Å². The monoisotopic (exact) mass is 196 g/mol. The van der Waals surface area contributed by atoms with Gasteiger partial charge in [0.05, 0.1) is 19.8 Å². The third-order valence-electron chi connectivity index (χ3n) is 1.77. The lowest BCUT2D eigenvalue weighted by atomic mass is 10.2. The smallest absolute Gasteiger partial charge is 0.161 e. The Balaban J connectivity index is 2.96. The second-order valence-electron chi connectivity index (χ2n) is 3.31. The van der Waals surface area contributed by atoms with Crippen LogP contribution in [-0.4, -0.2) is 18.3 Å². The molecule has 3 heteroatoms. The van der Waals surface area contributed by atoms with Crippen LogP contribution in [0.15, 0.2) is 18.2 Å². The topological polar surface area (TPSA) is 38.7 Å². The van der Waals surface area contributed by atoms with E-state index in [1.807, 2.05) is 19.9 Å². The number of aliphatic hydroxyl groups excluding tert-OH is 1. The lowest BCUT2D eigenvalue weighted by Crippen LogP contribution is -2.07. The largest absolute Gasteiger partial charge is 0.493 e. The van der Waals surface area contributed by atoms with Crippen LogP contribution in [0, 0.1) is 0 Å². The van der Waals surface area contributed by atoms with Crippen molar-refractivity contribution in [2.24, 2.45) is 0 Å². The molecule has 0 aliphatic heterocycles. The molecule has 0 aliphatic rings. The first-order valence-corrected chi connectivity index (χ1v) is 4.61. The average Bonchev–Trinajstić information content (AvgIpc) is 2.16. The van der Waals surface area contributed by atoms with Crippen LogP contribution in [0.3, 0.4) is 0 Å². The molecule has 1 aromatic rings. The fourth-order valence-corrected chi connectivity index (χ4v) is 1.17. The molecule has 1 rings (SSSR count). The Morgan fingerprint density at radius 1 is 1.29 bits per heavy atom. The van der Waals surface area contributed by atoms with Gasteiger partial charge in [-0.2, -0.15) is 0 Å². The average molecular weight is 196 g/mol. The van der Waals surface area contributed by atoms with Crippen LogP contribution in [-0.2, 0) is 6.61 Å². The Morgan fingerprint density at radius 2 is 2.00 bits per heavy atom. The van der Waals surface area contributed by atoms with E-state index >= 15 is 0 Å². The molecular weight excluding hydrogens is 180 g/mol. The van der Waals surface area contributed by atoms with E-state index in [1.54, 1.807) is 19.2 Å². The second-order valence-corrected chi connectivity index (χ2v) is 3.31. The molecule has 0 saturated heterocycles. The Labute approximate surface area is 84.3 Å². The molecule has 1 N–H and O–H groups in total. The zero-order valence-corrected chi connectivity index (χ0v) is 8.78. The van der Waals surface area contributed by atoms with Gasteiger partial charge in [-0.25, -0.2) is 0 Å². The number of benzene rings is 1. The normalized spacial score (nSPS) is 10.4. The van der Waals surface area contributed by atoms with E-state index in [0.29, 0.717) is 11.5 Å². The van der Waals surface area contributed by atoms with Gasteiger partial charge in [0.25, 0.3) is 0 Å². The first-order valence-electron chi connectivity index (χ1n) is 4.61. The van der Waals surface area contributed by atoms with Gasteiger partial charge in [-0.1, -0.05) is 6.07 Å². The Bertz CT molecular complexity index is 295. The molecule has 0 heterocycles. The molecular formula is C11H16O3. The van der Waals surface area contributed by atoms with Gasteiger partial charge in [0, 0.05) is 0 Å². The highest BCUT2D eigenvalue weighted by molar-refractivity contribution is 5.42. The maximum absolute atomic E-state index is 8.96. The highest BCUT2D eigenvalue weighted by Gasteiger charge is 2.06. The van der Waals surface area contributed by atoms with Crippen LogP contribution in [0.2, 0.25) is 0 Å². The van der Waals surface area contributed by atoms with Gasteiger partial charge >= 0.3 is 0 Å². The highest BCUT2D eigenvalue weighted by atomic mass is 16.5. The van der Waals surface area contributed by atoms with Crippen molar-refractivity contribution in [3.63, 3.8) is 0 Å². The van der Waals surface area contributed by atoms with Gasteiger partial charge in [0.1, 0.15) is 0 Å². The predicted molar refractivity (Wildman–Crippen MR) is 54.7 cm³/mol. The molecule has 0 spiro atoms. The number of methoxy groups -OCH3 is 1. The SMILES string of the molecule is COc1ccc(CO)cc1OC(C)C. The number of aliphatic hydroxyl groups is 1. The summed E-state index contributed by atoms with van der Waals surface area (Å²) >= 11 is 0. The predicted octanol–water partition coefficient (Wildman–Crippen LogP) is 1.97. The minimum absolute atomic E-state index is 0.0124. The number of hydrogen-bond acceptors (Lipinski definition) is 3. The van der Waals surface area contributed by atoms with E-state index in [2.05, 4.69) is 0 Å². The number of ether oxygens (including phenoxy) is 2. The Kier molecular flexibility index (Phi) is 3.77. The summed E-state index contributed by atoms with van der Waals surface area (Å²) in [5, 5.41) is 8.96. The van der Waals surface area contributed by atoms with Crippen molar-refractivity contribution in [1.82, 2.24) is 0 Å². The van der Waals surface area contributed by atoms with E-state index in [0.717, 1.165) is 5.56 Å². The summed E-state index contributed by atoms with van der Waals surface area (Å²) < 4.78 is 10.7. The molecule has 14 heavy (non-hydrogen) atoms. The van der Waals surface area contributed by atoms with Gasteiger partial charge in [0.15, 0.2) is 11.5 Å². The molecule has 1 aromatic carbocycles. The third kappa shape index (κ3) is 2.64. The van der Waals surface area contributed by atoms with Gasteiger partial charge in [-0.15, -0.1) is 0 Å². The lowest BCUT2D eigenvalue weighted by molar-refractivity contribution is 0.228. The quantitative estimate of drug-likeness (QED) is 0.800. The van der Waals surface area contributed by atoms with Gasteiger partial charge in [0.2, 0.25) is 0 Å².